The first-order valence-corrected chi connectivity index (χ1v) is 11.1. The molecule has 0 atom stereocenters. The standard InChI is InChI=1S/C20H18BrFN2O3S/c1-28(26,27)24-19-12-15-5-3-2-4-14(15)11-16(19)20(25)23-9-8-13-6-7-17(21)18(22)10-13/h2-7,10-12,24H,8-9H2,1H3,(H,23,25). The number of benzene rings is 3. The van der Waals surface area contributed by atoms with Crippen molar-refractivity contribution in [3.8, 4) is 0 Å². The van der Waals surface area contributed by atoms with Gasteiger partial charge in [-0.05, 0) is 63.0 Å². The zero-order valence-electron chi connectivity index (χ0n) is 15.0. The van der Waals surface area contributed by atoms with Crippen LogP contribution in [0.3, 0.4) is 0 Å². The fraction of sp³-hybridized carbons (Fsp3) is 0.150. The van der Waals surface area contributed by atoms with E-state index in [1.165, 1.54) is 6.07 Å². The van der Waals surface area contributed by atoms with E-state index in [1.807, 2.05) is 24.3 Å². The number of nitrogens with one attached hydrogen (secondary N) is 2. The van der Waals surface area contributed by atoms with Crippen molar-refractivity contribution < 1.29 is 17.6 Å². The molecule has 8 heteroatoms. The summed E-state index contributed by atoms with van der Waals surface area (Å²) in [5.74, 6) is -0.771. The Kier molecular flexibility index (Phi) is 6.00. The Morgan fingerprint density at radius 2 is 1.75 bits per heavy atom. The average molecular weight is 465 g/mol. The molecule has 0 unspecified atom stereocenters. The largest absolute Gasteiger partial charge is 0.352 e. The number of anilines is 1. The number of carbonyl (C=O) groups excluding carboxylic acids is 1. The predicted molar refractivity (Wildman–Crippen MR) is 113 cm³/mol. The van der Waals surface area contributed by atoms with Gasteiger partial charge in [-0.15, -0.1) is 0 Å². The van der Waals surface area contributed by atoms with E-state index in [4.69, 9.17) is 0 Å². The summed E-state index contributed by atoms with van der Waals surface area (Å²) >= 11 is 3.10. The molecule has 28 heavy (non-hydrogen) atoms. The molecule has 0 aliphatic heterocycles. The van der Waals surface area contributed by atoms with Crippen molar-refractivity contribution in [3.63, 3.8) is 0 Å². The van der Waals surface area contributed by atoms with Crippen LogP contribution in [0.2, 0.25) is 0 Å². The normalized spacial score (nSPS) is 11.4. The van der Waals surface area contributed by atoms with Gasteiger partial charge in [-0.25, -0.2) is 12.8 Å². The van der Waals surface area contributed by atoms with Gasteiger partial charge >= 0.3 is 0 Å². The Morgan fingerprint density at radius 3 is 2.39 bits per heavy atom. The third-order valence-electron chi connectivity index (χ3n) is 4.11. The maximum Gasteiger partial charge on any atom is 0.253 e. The van der Waals surface area contributed by atoms with Crippen LogP contribution in [0.25, 0.3) is 10.8 Å². The lowest BCUT2D eigenvalue weighted by Gasteiger charge is -2.13. The van der Waals surface area contributed by atoms with E-state index in [9.17, 15) is 17.6 Å². The highest BCUT2D eigenvalue weighted by Gasteiger charge is 2.15. The third-order valence-corrected chi connectivity index (χ3v) is 5.34. The van der Waals surface area contributed by atoms with Crippen LogP contribution in [0, 0.1) is 5.82 Å². The maximum atomic E-state index is 13.6. The highest BCUT2D eigenvalue weighted by atomic mass is 79.9. The smallest absolute Gasteiger partial charge is 0.253 e. The molecule has 3 rings (SSSR count). The topological polar surface area (TPSA) is 75.3 Å². The lowest BCUT2D eigenvalue weighted by Crippen LogP contribution is -2.27. The van der Waals surface area contributed by atoms with Gasteiger partial charge < -0.3 is 5.32 Å². The van der Waals surface area contributed by atoms with Crippen molar-refractivity contribution >= 4 is 48.3 Å². The molecule has 1 amide bonds. The van der Waals surface area contributed by atoms with Crippen molar-refractivity contribution in [1.82, 2.24) is 5.32 Å². The van der Waals surface area contributed by atoms with Crippen LogP contribution in [0.1, 0.15) is 15.9 Å². The van der Waals surface area contributed by atoms with Crippen LogP contribution in [-0.4, -0.2) is 27.1 Å². The van der Waals surface area contributed by atoms with Gasteiger partial charge in [0, 0.05) is 6.54 Å². The molecule has 0 aliphatic rings. The quantitative estimate of drug-likeness (QED) is 0.576. The van der Waals surface area contributed by atoms with Crippen molar-refractivity contribution in [3.05, 3.63) is 76.0 Å². The van der Waals surface area contributed by atoms with Crippen LogP contribution >= 0.6 is 15.9 Å². The van der Waals surface area contributed by atoms with Crippen LogP contribution in [-0.2, 0) is 16.4 Å². The number of halogens is 2. The van der Waals surface area contributed by atoms with Crippen LogP contribution in [0.5, 0.6) is 0 Å². The summed E-state index contributed by atoms with van der Waals surface area (Å²) in [5, 5.41) is 4.40. The van der Waals surface area contributed by atoms with Crippen molar-refractivity contribution in [1.29, 1.82) is 0 Å². The van der Waals surface area contributed by atoms with E-state index in [1.54, 1.807) is 24.3 Å². The van der Waals surface area contributed by atoms with Gasteiger partial charge in [0.25, 0.3) is 5.91 Å². The summed E-state index contributed by atoms with van der Waals surface area (Å²) in [6.07, 6.45) is 1.48. The lowest BCUT2D eigenvalue weighted by atomic mass is 10.0. The molecule has 0 saturated heterocycles. The fourth-order valence-corrected chi connectivity index (χ4v) is 3.64. The number of rotatable bonds is 6. The number of sulfonamides is 1. The first kappa shape index (κ1) is 20.3. The van der Waals surface area contributed by atoms with Crippen LogP contribution in [0.15, 0.2) is 59.1 Å². The minimum atomic E-state index is -3.55. The molecule has 0 aliphatic carbocycles. The van der Waals surface area contributed by atoms with Gasteiger partial charge in [0.05, 0.1) is 22.0 Å². The molecule has 5 nitrogen and oxygen atoms in total. The fourth-order valence-electron chi connectivity index (χ4n) is 2.82. The molecule has 0 fully saturated rings. The second-order valence-electron chi connectivity index (χ2n) is 6.37. The molecule has 146 valence electrons. The van der Waals surface area contributed by atoms with Crippen LogP contribution < -0.4 is 10.0 Å². The van der Waals surface area contributed by atoms with Crippen molar-refractivity contribution in [2.24, 2.45) is 0 Å². The van der Waals surface area contributed by atoms with E-state index in [2.05, 4.69) is 26.0 Å². The molecule has 0 bridgehead atoms. The van der Waals surface area contributed by atoms with Gasteiger partial charge in [-0.2, -0.15) is 0 Å². The highest BCUT2D eigenvalue weighted by molar-refractivity contribution is 9.10. The Labute approximate surface area is 171 Å². The second kappa shape index (κ2) is 8.28. The molecule has 0 heterocycles. The molecule has 3 aromatic carbocycles. The summed E-state index contributed by atoms with van der Waals surface area (Å²) in [6, 6.07) is 15.4. The highest BCUT2D eigenvalue weighted by Crippen LogP contribution is 2.25. The van der Waals surface area contributed by atoms with Crippen molar-refractivity contribution in [2.45, 2.75) is 6.42 Å². The molecule has 0 radical (unpaired) electrons. The van der Waals surface area contributed by atoms with E-state index < -0.39 is 15.9 Å². The molecule has 3 aromatic rings. The first-order valence-electron chi connectivity index (χ1n) is 8.45. The number of carbonyl (C=O) groups is 1. The summed E-state index contributed by atoms with van der Waals surface area (Å²) < 4.78 is 39.7. The summed E-state index contributed by atoms with van der Waals surface area (Å²) in [5.41, 5.74) is 1.19. The monoisotopic (exact) mass is 464 g/mol. The average Bonchev–Trinajstić information content (AvgIpc) is 2.62. The number of hydrogen-bond donors (Lipinski definition) is 2. The van der Waals surface area contributed by atoms with E-state index in [0.717, 1.165) is 22.6 Å². The van der Waals surface area contributed by atoms with E-state index >= 15 is 0 Å². The Hall–Kier alpha value is -2.45. The predicted octanol–water partition coefficient (Wildman–Crippen LogP) is 4.09. The lowest BCUT2D eigenvalue weighted by molar-refractivity contribution is 0.0955. The van der Waals surface area contributed by atoms with E-state index in [0.29, 0.717) is 10.9 Å². The molecule has 2 N–H and O–H groups in total. The Morgan fingerprint density at radius 1 is 1.07 bits per heavy atom. The summed E-state index contributed by atoms with van der Waals surface area (Å²) in [7, 11) is -3.55. The molecule has 0 aromatic heterocycles. The first-order chi connectivity index (χ1) is 13.2. The zero-order valence-corrected chi connectivity index (χ0v) is 17.4. The van der Waals surface area contributed by atoms with Gasteiger partial charge in [-0.1, -0.05) is 30.3 Å². The molecule has 0 spiro atoms. The van der Waals surface area contributed by atoms with Gasteiger partial charge in [0.2, 0.25) is 10.0 Å². The van der Waals surface area contributed by atoms with E-state index in [-0.39, 0.29) is 23.6 Å². The molecule has 0 saturated carbocycles. The Balaban J connectivity index is 1.81. The SMILES string of the molecule is CS(=O)(=O)Nc1cc2ccccc2cc1C(=O)NCCc1ccc(Br)c(F)c1. The number of amides is 1. The third kappa shape index (κ3) is 5.08. The van der Waals surface area contributed by atoms with Crippen LogP contribution in [0.4, 0.5) is 10.1 Å². The van der Waals surface area contributed by atoms with Gasteiger partial charge in [0.1, 0.15) is 5.82 Å². The maximum absolute atomic E-state index is 13.6. The van der Waals surface area contributed by atoms with Gasteiger partial charge in [-0.3, -0.25) is 9.52 Å². The summed E-state index contributed by atoms with van der Waals surface area (Å²) in [6.45, 7) is 0.283. The number of fused-ring (bicyclic) bond motifs is 1. The zero-order chi connectivity index (χ0) is 20.3. The minimum Gasteiger partial charge on any atom is -0.352 e. The van der Waals surface area contributed by atoms with Gasteiger partial charge in [0.15, 0.2) is 0 Å². The minimum absolute atomic E-state index is 0.216. The summed E-state index contributed by atoms with van der Waals surface area (Å²) in [4.78, 5) is 12.7. The molecular formula is C20H18BrFN2O3S. The van der Waals surface area contributed by atoms with Crippen molar-refractivity contribution in [2.75, 3.05) is 17.5 Å². The second-order valence-corrected chi connectivity index (χ2v) is 8.98. The Bertz CT molecular complexity index is 1150. The number of hydrogen-bond acceptors (Lipinski definition) is 3. The molecular weight excluding hydrogens is 447 g/mol.